The minimum absolute atomic E-state index is 0.0886. The van der Waals surface area contributed by atoms with Crippen LogP contribution in [0.2, 0.25) is 0 Å². The number of aliphatic hydroxyl groups is 1. The van der Waals surface area contributed by atoms with E-state index in [9.17, 15) is 9.50 Å². The Balaban J connectivity index is 1.98. The van der Waals surface area contributed by atoms with Crippen LogP contribution in [0.4, 0.5) is 4.39 Å². The van der Waals surface area contributed by atoms with Gasteiger partial charge in [-0.05, 0) is 37.5 Å². The van der Waals surface area contributed by atoms with Crippen LogP contribution in [-0.2, 0) is 9.47 Å². The number of hydrogen-bond donors (Lipinski definition) is 3. The van der Waals surface area contributed by atoms with Gasteiger partial charge in [-0.15, -0.1) is 0 Å². The number of nitrogens with zero attached hydrogens (tertiary/aromatic N) is 1. The molecule has 1 fully saturated rings. The van der Waals surface area contributed by atoms with Crippen LogP contribution < -0.4 is 10.6 Å². The van der Waals surface area contributed by atoms with Crippen LogP contribution in [-0.4, -0.2) is 57.6 Å². The van der Waals surface area contributed by atoms with E-state index in [1.807, 2.05) is 6.92 Å². The molecule has 0 bridgehead atoms. The second kappa shape index (κ2) is 10.4. The van der Waals surface area contributed by atoms with Crippen molar-refractivity contribution >= 4 is 5.96 Å². The number of hydrogen-bond acceptors (Lipinski definition) is 4. The van der Waals surface area contributed by atoms with E-state index in [0.29, 0.717) is 32.1 Å². The Labute approximate surface area is 154 Å². The minimum atomic E-state index is -0.264. The summed E-state index contributed by atoms with van der Waals surface area (Å²) in [5.74, 6) is 0.431. The highest BCUT2D eigenvalue weighted by Gasteiger charge is 2.34. The predicted octanol–water partition coefficient (Wildman–Crippen LogP) is 1.86. The molecule has 6 nitrogen and oxygen atoms in total. The fraction of sp³-hybridized carbons (Fsp3) is 0.632. The predicted molar refractivity (Wildman–Crippen MR) is 99.7 cm³/mol. The molecule has 1 aliphatic heterocycles. The van der Waals surface area contributed by atoms with Crippen molar-refractivity contribution in [3.8, 4) is 0 Å². The van der Waals surface area contributed by atoms with Crippen molar-refractivity contribution in [1.29, 1.82) is 0 Å². The van der Waals surface area contributed by atoms with Gasteiger partial charge in [-0.3, -0.25) is 4.99 Å². The first-order chi connectivity index (χ1) is 12.6. The van der Waals surface area contributed by atoms with Crippen LogP contribution >= 0.6 is 0 Å². The molecule has 1 saturated heterocycles. The normalized spacial score (nSPS) is 21.6. The third kappa shape index (κ3) is 5.93. The van der Waals surface area contributed by atoms with Gasteiger partial charge in [-0.1, -0.05) is 12.1 Å². The number of aliphatic hydroxyl groups excluding tert-OH is 1. The van der Waals surface area contributed by atoms with E-state index in [4.69, 9.17) is 9.47 Å². The minimum Gasteiger partial charge on any atom is -0.396 e. The first-order valence-electron chi connectivity index (χ1n) is 9.11. The topological polar surface area (TPSA) is 75.1 Å². The molecule has 0 spiro atoms. The lowest BCUT2D eigenvalue weighted by atomic mass is 9.84. The van der Waals surface area contributed by atoms with E-state index in [0.717, 1.165) is 25.1 Å². The molecule has 0 saturated carbocycles. The molecule has 1 aliphatic rings. The Morgan fingerprint density at radius 3 is 2.73 bits per heavy atom. The fourth-order valence-electron chi connectivity index (χ4n) is 3.08. The molecule has 2 unspecified atom stereocenters. The summed E-state index contributed by atoms with van der Waals surface area (Å²) in [6.45, 7) is 5.34. The van der Waals surface area contributed by atoms with Crippen LogP contribution in [0.25, 0.3) is 0 Å². The molecule has 0 aliphatic carbocycles. The van der Waals surface area contributed by atoms with Crippen molar-refractivity contribution in [3.05, 3.63) is 35.6 Å². The second-order valence-electron chi connectivity index (χ2n) is 6.63. The van der Waals surface area contributed by atoms with E-state index < -0.39 is 0 Å². The molecule has 7 heteroatoms. The average Bonchev–Trinajstić information content (AvgIpc) is 3.10. The third-order valence-electron chi connectivity index (χ3n) is 4.73. The van der Waals surface area contributed by atoms with Gasteiger partial charge in [0.2, 0.25) is 0 Å². The molecule has 0 radical (unpaired) electrons. The quantitative estimate of drug-likeness (QED) is 0.459. The Bertz CT molecular complexity index is 560. The molecule has 1 heterocycles. The zero-order chi connectivity index (χ0) is 18.8. The molecule has 2 rings (SSSR count). The molecule has 0 amide bonds. The smallest absolute Gasteiger partial charge is 0.191 e. The molecule has 1 aromatic rings. The number of halogens is 1. The highest BCUT2D eigenvalue weighted by Crippen LogP contribution is 2.32. The number of benzene rings is 1. The van der Waals surface area contributed by atoms with Gasteiger partial charge in [0, 0.05) is 38.8 Å². The summed E-state index contributed by atoms with van der Waals surface area (Å²) < 4.78 is 24.1. The van der Waals surface area contributed by atoms with Gasteiger partial charge in [0.05, 0.1) is 19.3 Å². The van der Waals surface area contributed by atoms with Gasteiger partial charge in [0.1, 0.15) is 5.82 Å². The van der Waals surface area contributed by atoms with Crippen molar-refractivity contribution in [2.75, 3.05) is 46.6 Å². The van der Waals surface area contributed by atoms with Crippen molar-refractivity contribution in [2.24, 2.45) is 10.4 Å². The molecule has 146 valence electrons. The number of rotatable bonds is 9. The molecule has 0 aromatic heterocycles. The van der Waals surface area contributed by atoms with E-state index in [1.54, 1.807) is 19.2 Å². The average molecular weight is 367 g/mol. The van der Waals surface area contributed by atoms with Gasteiger partial charge >= 0.3 is 0 Å². The second-order valence-corrected chi connectivity index (χ2v) is 6.63. The maximum absolute atomic E-state index is 13.1. The largest absolute Gasteiger partial charge is 0.396 e. The maximum atomic E-state index is 13.1. The zero-order valence-corrected chi connectivity index (χ0v) is 15.6. The maximum Gasteiger partial charge on any atom is 0.191 e. The summed E-state index contributed by atoms with van der Waals surface area (Å²) in [4.78, 5) is 4.69. The third-order valence-corrected chi connectivity index (χ3v) is 4.73. The molecule has 1 aromatic carbocycles. The van der Waals surface area contributed by atoms with Gasteiger partial charge in [-0.2, -0.15) is 0 Å². The van der Waals surface area contributed by atoms with Crippen LogP contribution in [0.3, 0.4) is 0 Å². The first-order valence-corrected chi connectivity index (χ1v) is 9.11. The Morgan fingerprint density at radius 2 is 2.15 bits per heavy atom. The van der Waals surface area contributed by atoms with Crippen LogP contribution in [0.15, 0.2) is 29.3 Å². The Morgan fingerprint density at radius 1 is 1.38 bits per heavy atom. The Hall–Kier alpha value is -1.70. The number of nitrogens with one attached hydrogen (secondary N) is 2. The Kier molecular flexibility index (Phi) is 8.28. The lowest BCUT2D eigenvalue weighted by Gasteiger charge is -2.25. The molecule has 3 N–H and O–H groups in total. The summed E-state index contributed by atoms with van der Waals surface area (Å²) >= 11 is 0. The van der Waals surface area contributed by atoms with E-state index in [1.165, 1.54) is 12.1 Å². The van der Waals surface area contributed by atoms with E-state index >= 15 is 0 Å². The highest BCUT2D eigenvalue weighted by atomic mass is 19.1. The standard InChI is InChI=1S/C19H30FN3O3/c1-3-21-18(23-13-19(8-10-24)9-11-26-14-19)22-12-17(25-2)15-4-6-16(20)7-5-15/h4-7,17,24H,3,8-14H2,1-2H3,(H2,21,22,23). The number of ether oxygens (including phenoxy) is 2. The lowest BCUT2D eigenvalue weighted by Crippen LogP contribution is -2.41. The molecular weight excluding hydrogens is 337 g/mol. The lowest BCUT2D eigenvalue weighted by molar-refractivity contribution is 0.106. The van der Waals surface area contributed by atoms with Crippen molar-refractivity contribution < 1.29 is 19.0 Å². The van der Waals surface area contributed by atoms with Crippen LogP contribution in [0.5, 0.6) is 0 Å². The summed E-state index contributed by atoms with van der Waals surface area (Å²) in [6, 6.07) is 6.31. The first kappa shape index (κ1) is 20.6. The number of guanidine groups is 1. The van der Waals surface area contributed by atoms with Gasteiger partial charge in [-0.25, -0.2) is 4.39 Å². The number of aliphatic imine (C=N–C) groups is 1. The molecule has 2 atom stereocenters. The molecular formula is C19H30FN3O3. The zero-order valence-electron chi connectivity index (χ0n) is 15.6. The molecule has 26 heavy (non-hydrogen) atoms. The SMILES string of the molecule is CCNC(=NCC1(CCO)CCOC1)NCC(OC)c1ccc(F)cc1. The monoisotopic (exact) mass is 367 g/mol. The van der Waals surface area contributed by atoms with Crippen molar-refractivity contribution in [2.45, 2.75) is 25.9 Å². The van der Waals surface area contributed by atoms with Crippen LogP contribution in [0, 0.1) is 11.2 Å². The summed E-state index contributed by atoms with van der Waals surface area (Å²) in [5, 5.41) is 15.8. The fourth-order valence-corrected chi connectivity index (χ4v) is 3.08. The van der Waals surface area contributed by atoms with Crippen LogP contribution in [0.1, 0.15) is 31.4 Å². The number of methoxy groups -OCH3 is 1. The van der Waals surface area contributed by atoms with Gasteiger partial charge in [0.25, 0.3) is 0 Å². The van der Waals surface area contributed by atoms with E-state index in [2.05, 4.69) is 15.6 Å². The summed E-state index contributed by atoms with van der Waals surface area (Å²) in [6.07, 6.45) is 1.39. The van der Waals surface area contributed by atoms with Crippen molar-refractivity contribution in [3.63, 3.8) is 0 Å². The summed E-state index contributed by atoms with van der Waals surface area (Å²) in [7, 11) is 1.63. The van der Waals surface area contributed by atoms with Gasteiger partial charge < -0.3 is 25.2 Å². The van der Waals surface area contributed by atoms with E-state index in [-0.39, 0.29) is 23.9 Å². The highest BCUT2D eigenvalue weighted by molar-refractivity contribution is 5.79. The van der Waals surface area contributed by atoms with Gasteiger partial charge in [0.15, 0.2) is 5.96 Å². The van der Waals surface area contributed by atoms with Crippen molar-refractivity contribution in [1.82, 2.24) is 10.6 Å². The summed E-state index contributed by atoms with van der Waals surface area (Å²) in [5.41, 5.74) is 0.813.